The highest BCUT2D eigenvalue weighted by atomic mass is 16.5. The summed E-state index contributed by atoms with van der Waals surface area (Å²) < 4.78 is 15.9. The Labute approximate surface area is 146 Å². The van der Waals surface area contributed by atoms with Gasteiger partial charge >= 0.3 is 0 Å². The van der Waals surface area contributed by atoms with Crippen molar-refractivity contribution in [3.8, 4) is 17.2 Å². The largest absolute Gasteiger partial charge is 0.493 e. The number of carbonyl (C=O) groups is 1. The normalized spacial score (nSPS) is 13.1. The number of hydrogen-bond donors (Lipinski definition) is 2. The van der Waals surface area contributed by atoms with Crippen LogP contribution in [0.1, 0.15) is 23.2 Å². The molecule has 1 heterocycles. The quantitative estimate of drug-likeness (QED) is 0.804. The fourth-order valence-electron chi connectivity index (χ4n) is 2.46. The number of ether oxygens (including phenoxy) is 3. The highest BCUT2D eigenvalue weighted by Crippen LogP contribution is 2.40. The lowest BCUT2D eigenvalue weighted by Crippen LogP contribution is -2.13. The van der Waals surface area contributed by atoms with E-state index in [4.69, 9.17) is 14.2 Å². The fraction of sp³-hybridized carbons (Fsp3) is 0.333. The Bertz CT molecular complexity index is 750. The molecule has 1 aliphatic rings. The first-order valence-corrected chi connectivity index (χ1v) is 7.97. The van der Waals surface area contributed by atoms with Crippen molar-refractivity contribution in [1.29, 1.82) is 0 Å². The molecule has 0 spiro atoms. The zero-order valence-corrected chi connectivity index (χ0v) is 14.5. The summed E-state index contributed by atoms with van der Waals surface area (Å²) in [6.07, 6.45) is 5.56. The Hall–Kier alpha value is -2.96. The average molecular weight is 343 g/mol. The predicted molar refractivity (Wildman–Crippen MR) is 94.9 cm³/mol. The maximum atomic E-state index is 12.5. The van der Waals surface area contributed by atoms with Gasteiger partial charge in [-0.05, 0) is 18.9 Å². The van der Waals surface area contributed by atoms with Crippen molar-refractivity contribution in [2.45, 2.75) is 18.9 Å². The Kier molecular flexibility index (Phi) is 4.92. The number of pyridine rings is 1. The third-order valence-electron chi connectivity index (χ3n) is 3.87. The second-order valence-electron chi connectivity index (χ2n) is 5.75. The van der Waals surface area contributed by atoms with E-state index in [9.17, 15) is 4.79 Å². The van der Waals surface area contributed by atoms with Crippen LogP contribution in [0.3, 0.4) is 0 Å². The summed E-state index contributed by atoms with van der Waals surface area (Å²) in [5.41, 5.74) is 1.86. The first-order valence-electron chi connectivity index (χ1n) is 7.97. The van der Waals surface area contributed by atoms with Crippen LogP contribution in [-0.2, 0) is 0 Å². The van der Waals surface area contributed by atoms with Crippen molar-refractivity contribution in [3.05, 3.63) is 36.2 Å². The molecule has 1 aromatic heterocycles. The first kappa shape index (κ1) is 16.9. The molecule has 1 amide bonds. The first-order chi connectivity index (χ1) is 12.1. The van der Waals surface area contributed by atoms with Crippen LogP contribution in [0.4, 0.5) is 11.4 Å². The molecule has 0 saturated heterocycles. The van der Waals surface area contributed by atoms with Gasteiger partial charge in [0.15, 0.2) is 11.5 Å². The molecule has 2 aromatic rings. The van der Waals surface area contributed by atoms with Crippen LogP contribution < -0.4 is 24.8 Å². The van der Waals surface area contributed by atoms with Gasteiger partial charge in [-0.3, -0.25) is 9.78 Å². The van der Waals surface area contributed by atoms with E-state index in [-0.39, 0.29) is 5.91 Å². The minimum absolute atomic E-state index is 0.263. The summed E-state index contributed by atoms with van der Waals surface area (Å²) in [4.78, 5) is 16.7. The number of amides is 1. The molecule has 0 atom stereocenters. The molecule has 2 N–H and O–H groups in total. The number of rotatable bonds is 7. The van der Waals surface area contributed by atoms with Crippen molar-refractivity contribution < 1.29 is 19.0 Å². The van der Waals surface area contributed by atoms with E-state index in [1.54, 1.807) is 24.4 Å². The van der Waals surface area contributed by atoms with Crippen LogP contribution in [0.2, 0.25) is 0 Å². The molecule has 1 aromatic carbocycles. The van der Waals surface area contributed by atoms with Crippen molar-refractivity contribution >= 4 is 17.3 Å². The van der Waals surface area contributed by atoms with E-state index in [0.717, 1.165) is 18.5 Å². The van der Waals surface area contributed by atoms with E-state index in [1.165, 1.54) is 27.5 Å². The Morgan fingerprint density at radius 2 is 1.68 bits per heavy atom. The molecule has 3 rings (SSSR count). The van der Waals surface area contributed by atoms with Crippen molar-refractivity contribution in [2.75, 3.05) is 32.0 Å². The molecule has 0 aliphatic heterocycles. The number of nitrogens with one attached hydrogen (secondary N) is 2. The fourth-order valence-corrected chi connectivity index (χ4v) is 2.46. The van der Waals surface area contributed by atoms with Crippen LogP contribution in [0, 0.1) is 0 Å². The summed E-state index contributed by atoms with van der Waals surface area (Å²) >= 11 is 0. The third-order valence-corrected chi connectivity index (χ3v) is 3.87. The van der Waals surface area contributed by atoms with E-state index < -0.39 is 0 Å². The van der Waals surface area contributed by atoms with Crippen LogP contribution in [-0.4, -0.2) is 38.3 Å². The number of aromatic nitrogens is 1. The monoisotopic (exact) mass is 343 g/mol. The van der Waals surface area contributed by atoms with Gasteiger partial charge in [0.1, 0.15) is 0 Å². The van der Waals surface area contributed by atoms with Crippen LogP contribution in [0.5, 0.6) is 17.2 Å². The van der Waals surface area contributed by atoms with E-state index in [1.807, 2.05) is 0 Å². The number of hydrogen-bond acceptors (Lipinski definition) is 6. The SMILES string of the molecule is COc1cc(NC(=O)c2cncc(NC3CC3)c2)cc(OC)c1OC. The minimum atomic E-state index is -0.263. The number of anilines is 2. The number of methoxy groups -OCH3 is 3. The van der Waals surface area contributed by atoms with E-state index in [0.29, 0.717) is 34.5 Å². The summed E-state index contributed by atoms with van der Waals surface area (Å²) in [6, 6.07) is 5.64. The summed E-state index contributed by atoms with van der Waals surface area (Å²) in [6.45, 7) is 0. The summed E-state index contributed by atoms with van der Waals surface area (Å²) in [5, 5.41) is 6.16. The predicted octanol–water partition coefficient (Wildman–Crippen LogP) is 2.93. The zero-order valence-electron chi connectivity index (χ0n) is 14.5. The van der Waals surface area contributed by atoms with Gasteiger partial charge in [0, 0.05) is 36.3 Å². The molecule has 1 aliphatic carbocycles. The van der Waals surface area contributed by atoms with E-state index in [2.05, 4.69) is 15.6 Å². The highest BCUT2D eigenvalue weighted by Gasteiger charge is 2.21. The molecule has 0 bridgehead atoms. The number of benzene rings is 1. The smallest absolute Gasteiger partial charge is 0.257 e. The molecule has 7 nitrogen and oxygen atoms in total. The third kappa shape index (κ3) is 3.93. The van der Waals surface area contributed by atoms with Gasteiger partial charge in [-0.2, -0.15) is 0 Å². The minimum Gasteiger partial charge on any atom is -0.493 e. The van der Waals surface area contributed by atoms with Gasteiger partial charge in [0.05, 0.1) is 32.6 Å². The Morgan fingerprint density at radius 3 is 2.24 bits per heavy atom. The summed E-state index contributed by atoms with van der Waals surface area (Å²) in [5.74, 6) is 1.15. The van der Waals surface area contributed by atoms with Crippen LogP contribution in [0.15, 0.2) is 30.6 Å². The number of nitrogens with zero attached hydrogens (tertiary/aromatic N) is 1. The van der Waals surface area contributed by atoms with Crippen molar-refractivity contribution in [1.82, 2.24) is 4.98 Å². The van der Waals surface area contributed by atoms with E-state index >= 15 is 0 Å². The lowest BCUT2D eigenvalue weighted by atomic mass is 10.2. The molecule has 0 unspecified atom stereocenters. The zero-order chi connectivity index (χ0) is 17.8. The van der Waals surface area contributed by atoms with Crippen LogP contribution in [0.25, 0.3) is 0 Å². The maximum absolute atomic E-state index is 12.5. The molecular formula is C18H21N3O4. The van der Waals surface area contributed by atoms with Gasteiger partial charge in [-0.15, -0.1) is 0 Å². The molecule has 1 fully saturated rings. The Morgan fingerprint density at radius 1 is 1.00 bits per heavy atom. The topological polar surface area (TPSA) is 81.7 Å². The second-order valence-corrected chi connectivity index (χ2v) is 5.75. The Balaban J connectivity index is 1.80. The lowest BCUT2D eigenvalue weighted by Gasteiger charge is -2.14. The molecule has 132 valence electrons. The standard InChI is InChI=1S/C18H21N3O4/c1-23-15-7-13(8-16(24-2)17(15)25-3)21-18(22)11-6-14(10-19-9-11)20-12-4-5-12/h6-10,12,20H,4-5H2,1-3H3,(H,21,22). The van der Waals surface area contributed by atoms with Gasteiger partial charge in [-0.25, -0.2) is 0 Å². The van der Waals surface area contributed by atoms with Gasteiger partial charge < -0.3 is 24.8 Å². The molecule has 25 heavy (non-hydrogen) atoms. The average Bonchev–Trinajstić information content (AvgIpc) is 3.44. The molecular weight excluding hydrogens is 322 g/mol. The van der Waals surface area contributed by atoms with Crippen molar-refractivity contribution in [2.24, 2.45) is 0 Å². The number of carbonyl (C=O) groups excluding carboxylic acids is 1. The van der Waals surface area contributed by atoms with Gasteiger partial charge in [0.25, 0.3) is 5.91 Å². The maximum Gasteiger partial charge on any atom is 0.257 e. The molecule has 7 heteroatoms. The highest BCUT2D eigenvalue weighted by molar-refractivity contribution is 6.04. The van der Waals surface area contributed by atoms with Crippen molar-refractivity contribution in [3.63, 3.8) is 0 Å². The lowest BCUT2D eigenvalue weighted by molar-refractivity contribution is 0.102. The summed E-state index contributed by atoms with van der Waals surface area (Å²) in [7, 11) is 4.59. The van der Waals surface area contributed by atoms with Crippen LogP contribution >= 0.6 is 0 Å². The van der Waals surface area contributed by atoms with Gasteiger partial charge in [-0.1, -0.05) is 0 Å². The van der Waals surface area contributed by atoms with Gasteiger partial charge in [0.2, 0.25) is 5.75 Å². The molecule has 0 radical (unpaired) electrons. The molecule has 1 saturated carbocycles. The second kappa shape index (κ2) is 7.29.